The lowest BCUT2D eigenvalue weighted by atomic mass is 10.3. The van der Waals surface area contributed by atoms with Gasteiger partial charge in [-0.2, -0.15) is 5.10 Å². The molecule has 0 spiro atoms. The predicted molar refractivity (Wildman–Crippen MR) is 96.8 cm³/mol. The number of hydrogen-bond acceptors (Lipinski definition) is 5. The van der Waals surface area contributed by atoms with Gasteiger partial charge in [0.25, 0.3) is 5.56 Å². The zero-order valence-electron chi connectivity index (χ0n) is 13.9. The molecule has 140 valence electrons. The largest absolute Gasteiger partial charge is 0.324 e. The fourth-order valence-corrected chi connectivity index (χ4v) is 3.40. The molecular formula is C17H14F2N4O3S. The highest BCUT2D eigenvalue weighted by molar-refractivity contribution is 8.00. The first-order chi connectivity index (χ1) is 12.9. The number of carbonyl (C=O) groups excluding carboxylic acids is 2. The Balaban J connectivity index is 1.84. The molecule has 3 rings (SSSR count). The van der Waals surface area contributed by atoms with E-state index >= 15 is 0 Å². The summed E-state index contributed by atoms with van der Waals surface area (Å²) in [7, 11) is 0. The van der Waals surface area contributed by atoms with Crippen molar-refractivity contribution in [3.63, 3.8) is 0 Å². The molecule has 0 aliphatic carbocycles. The quantitative estimate of drug-likeness (QED) is 0.785. The second kappa shape index (κ2) is 7.70. The van der Waals surface area contributed by atoms with Gasteiger partial charge >= 0.3 is 0 Å². The molecule has 2 amide bonds. The summed E-state index contributed by atoms with van der Waals surface area (Å²) in [6.07, 6.45) is 2.91. The van der Waals surface area contributed by atoms with Crippen LogP contribution in [-0.4, -0.2) is 33.9 Å². The van der Waals surface area contributed by atoms with Gasteiger partial charge in [0.05, 0.1) is 16.8 Å². The molecule has 2 heterocycles. The van der Waals surface area contributed by atoms with Crippen molar-refractivity contribution < 1.29 is 18.4 Å². The van der Waals surface area contributed by atoms with Gasteiger partial charge < -0.3 is 10.2 Å². The second-order valence-corrected chi connectivity index (χ2v) is 6.60. The molecular weight excluding hydrogens is 378 g/mol. The van der Waals surface area contributed by atoms with Crippen molar-refractivity contribution in [3.8, 4) is 0 Å². The number of hydrogen-bond donors (Lipinski definition) is 1. The number of amides is 2. The monoisotopic (exact) mass is 392 g/mol. The van der Waals surface area contributed by atoms with E-state index < -0.39 is 29.6 Å². The van der Waals surface area contributed by atoms with E-state index in [2.05, 4.69) is 17.0 Å². The van der Waals surface area contributed by atoms with Crippen LogP contribution in [0.25, 0.3) is 0 Å². The lowest BCUT2D eigenvalue weighted by Gasteiger charge is -2.27. The smallest absolute Gasteiger partial charge is 0.292 e. The molecule has 0 unspecified atom stereocenters. The van der Waals surface area contributed by atoms with Crippen molar-refractivity contribution in [3.05, 3.63) is 59.0 Å². The molecule has 1 N–H and O–H groups in total. The first-order valence-electron chi connectivity index (χ1n) is 7.79. The molecule has 27 heavy (non-hydrogen) atoms. The zero-order valence-corrected chi connectivity index (χ0v) is 14.8. The third-order valence-corrected chi connectivity index (χ3v) is 4.72. The molecule has 0 fully saturated rings. The van der Waals surface area contributed by atoms with Crippen LogP contribution < -0.4 is 15.8 Å². The number of nitrogens with one attached hydrogen (secondary N) is 1. The van der Waals surface area contributed by atoms with Gasteiger partial charge in [-0.15, -0.1) is 18.3 Å². The van der Waals surface area contributed by atoms with Crippen molar-refractivity contribution in [1.29, 1.82) is 0 Å². The second-order valence-electron chi connectivity index (χ2n) is 5.58. The Morgan fingerprint density at radius 2 is 2.11 bits per heavy atom. The van der Waals surface area contributed by atoms with E-state index in [1.54, 1.807) is 0 Å². The standard InChI is InChI=1S/C17H14F2N4O3S/c1-2-5-22-15(25)9-27-13-7-20-23(17(26)16(13)22)8-14(24)21-10-3-4-11(18)12(19)6-10/h2-4,6-7H,1,5,8-9H2,(H,21,24). The minimum absolute atomic E-state index is 0.0453. The number of benzene rings is 1. The van der Waals surface area contributed by atoms with E-state index in [-0.39, 0.29) is 29.6 Å². The Bertz CT molecular complexity index is 993. The van der Waals surface area contributed by atoms with Gasteiger partial charge in [-0.3, -0.25) is 14.4 Å². The van der Waals surface area contributed by atoms with Gasteiger partial charge in [0.2, 0.25) is 11.8 Å². The Hall–Kier alpha value is -3.01. The van der Waals surface area contributed by atoms with E-state index in [0.717, 1.165) is 16.8 Å². The highest BCUT2D eigenvalue weighted by atomic mass is 32.2. The van der Waals surface area contributed by atoms with Crippen molar-refractivity contribution in [2.24, 2.45) is 0 Å². The van der Waals surface area contributed by atoms with Crippen molar-refractivity contribution in [2.45, 2.75) is 11.4 Å². The Morgan fingerprint density at radius 3 is 2.81 bits per heavy atom. The van der Waals surface area contributed by atoms with Gasteiger partial charge in [-0.25, -0.2) is 13.5 Å². The van der Waals surface area contributed by atoms with E-state index in [4.69, 9.17) is 0 Å². The summed E-state index contributed by atoms with van der Waals surface area (Å²) < 4.78 is 27.1. The van der Waals surface area contributed by atoms with Gasteiger partial charge in [-0.05, 0) is 12.1 Å². The number of carbonyl (C=O) groups is 2. The average Bonchev–Trinajstić information content (AvgIpc) is 2.63. The van der Waals surface area contributed by atoms with Crippen LogP contribution in [0.15, 0.2) is 46.7 Å². The number of nitrogens with zero attached hydrogens (tertiary/aromatic N) is 3. The maximum absolute atomic E-state index is 13.2. The van der Waals surface area contributed by atoms with Crippen LogP contribution in [0.3, 0.4) is 0 Å². The van der Waals surface area contributed by atoms with Gasteiger partial charge in [0, 0.05) is 18.3 Å². The fourth-order valence-electron chi connectivity index (χ4n) is 2.50. The molecule has 2 aromatic rings. The minimum atomic E-state index is -1.10. The summed E-state index contributed by atoms with van der Waals surface area (Å²) in [5, 5.41) is 6.31. The summed E-state index contributed by atoms with van der Waals surface area (Å²) in [6, 6.07) is 2.90. The van der Waals surface area contributed by atoms with Crippen molar-refractivity contribution in [1.82, 2.24) is 9.78 Å². The Kier molecular flexibility index (Phi) is 5.36. The summed E-state index contributed by atoms with van der Waals surface area (Å²) in [4.78, 5) is 38.8. The van der Waals surface area contributed by atoms with Crippen LogP contribution in [0.4, 0.5) is 20.2 Å². The zero-order chi connectivity index (χ0) is 19.6. The summed E-state index contributed by atoms with van der Waals surface area (Å²) in [5.74, 6) is -2.85. The number of thioether (sulfide) groups is 1. The summed E-state index contributed by atoms with van der Waals surface area (Å²) >= 11 is 1.19. The number of anilines is 2. The van der Waals surface area contributed by atoms with Crippen LogP contribution in [0.1, 0.15) is 0 Å². The van der Waals surface area contributed by atoms with E-state index in [0.29, 0.717) is 4.90 Å². The van der Waals surface area contributed by atoms with E-state index in [1.807, 2.05) is 0 Å². The Labute approximate surface area is 156 Å². The molecule has 1 aromatic carbocycles. The first-order valence-corrected chi connectivity index (χ1v) is 8.78. The fraction of sp³-hybridized carbons (Fsp3) is 0.176. The lowest BCUT2D eigenvalue weighted by Crippen LogP contribution is -2.42. The normalized spacial score (nSPS) is 13.3. The molecule has 1 aliphatic rings. The third-order valence-electron chi connectivity index (χ3n) is 3.72. The third kappa shape index (κ3) is 3.90. The highest BCUT2D eigenvalue weighted by Crippen LogP contribution is 2.31. The van der Waals surface area contributed by atoms with Crippen LogP contribution in [0.5, 0.6) is 0 Å². The van der Waals surface area contributed by atoms with Crippen LogP contribution in [0, 0.1) is 11.6 Å². The summed E-state index contributed by atoms with van der Waals surface area (Å²) in [6.45, 7) is 3.28. The summed E-state index contributed by atoms with van der Waals surface area (Å²) in [5.41, 5.74) is -0.411. The van der Waals surface area contributed by atoms with Crippen LogP contribution in [-0.2, 0) is 16.1 Å². The SMILES string of the molecule is C=CCN1C(=O)CSc2cnn(CC(=O)Nc3ccc(F)c(F)c3)c(=O)c21. The molecule has 0 saturated carbocycles. The molecule has 1 aliphatic heterocycles. The minimum Gasteiger partial charge on any atom is -0.324 e. The number of aromatic nitrogens is 2. The van der Waals surface area contributed by atoms with Crippen molar-refractivity contribution >= 4 is 35.0 Å². The molecule has 7 nitrogen and oxygen atoms in total. The highest BCUT2D eigenvalue weighted by Gasteiger charge is 2.28. The number of fused-ring (bicyclic) bond motifs is 1. The van der Waals surface area contributed by atoms with Gasteiger partial charge in [-0.1, -0.05) is 6.08 Å². The molecule has 0 bridgehead atoms. The Morgan fingerprint density at radius 1 is 1.33 bits per heavy atom. The van der Waals surface area contributed by atoms with Gasteiger partial charge in [0.1, 0.15) is 12.2 Å². The molecule has 0 saturated heterocycles. The number of halogens is 2. The number of rotatable bonds is 5. The molecule has 0 radical (unpaired) electrons. The predicted octanol–water partition coefficient (Wildman–Crippen LogP) is 1.78. The topological polar surface area (TPSA) is 84.3 Å². The van der Waals surface area contributed by atoms with Crippen LogP contribution in [0.2, 0.25) is 0 Å². The van der Waals surface area contributed by atoms with Gasteiger partial charge in [0.15, 0.2) is 11.6 Å². The maximum Gasteiger partial charge on any atom is 0.292 e. The van der Waals surface area contributed by atoms with Crippen LogP contribution >= 0.6 is 11.8 Å². The lowest BCUT2D eigenvalue weighted by molar-refractivity contribution is -0.117. The molecule has 0 atom stereocenters. The van der Waals surface area contributed by atoms with E-state index in [1.165, 1.54) is 35.0 Å². The van der Waals surface area contributed by atoms with Crippen molar-refractivity contribution in [2.75, 3.05) is 22.5 Å². The first kappa shape index (κ1) is 18.8. The molecule has 10 heteroatoms. The van der Waals surface area contributed by atoms with E-state index in [9.17, 15) is 23.2 Å². The average molecular weight is 392 g/mol. The maximum atomic E-state index is 13.2. The molecule has 1 aromatic heterocycles.